The lowest BCUT2D eigenvalue weighted by molar-refractivity contribution is -0.274. The highest BCUT2D eigenvalue weighted by Crippen LogP contribution is 2.29. The average molecular weight is 371 g/mol. The summed E-state index contributed by atoms with van der Waals surface area (Å²) >= 11 is 0. The second-order valence-electron chi connectivity index (χ2n) is 6.59. The quantitative estimate of drug-likeness (QED) is 0.826. The molecule has 2 aliphatic rings. The van der Waals surface area contributed by atoms with Gasteiger partial charge in [-0.1, -0.05) is 13.0 Å². The number of benzene rings is 1. The van der Waals surface area contributed by atoms with Crippen LogP contribution < -0.4 is 20.3 Å². The van der Waals surface area contributed by atoms with E-state index in [1.54, 1.807) is 0 Å². The van der Waals surface area contributed by atoms with Crippen molar-refractivity contribution in [3.05, 3.63) is 24.3 Å². The molecule has 0 aliphatic carbocycles. The number of halogens is 3. The molecule has 6 nitrogen and oxygen atoms in total. The molecule has 1 aromatic rings. The van der Waals surface area contributed by atoms with Crippen molar-refractivity contribution in [2.45, 2.75) is 25.7 Å². The fourth-order valence-electron chi connectivity index (χ4n) is 3.10. The van der Waals surface area contributed by atoms with E-state index in [4.69, 9.17) is 0 Å². The van der Waals surface area contributed by atoms with Crippen LogP contribution in [0.4, 0.5) is 18.9 Å². The SMILES string of the molecule is CC(C(=O)NC1CCN(c2cccc(OC(F)(F)F)c2)C1=O)C1CNC1. The van der Waals surface area contributed by atoms with Crippen LogP contribution in [0.25, 0.3) is 0 Å². The second-order valence-corrected chi connectivity index (χ2v) is 6.59. The van der Waals surface area contributed by atoms with E-state index in [1.165, 1.54) is 23.1 Å². The van der Waals surface area contributed by atoms with Gasteiger partial charge in [-0.05, 0) is 37.6 Å². The first-order valence-corrected chi connectivity index (χ1v) is 8.43. The van der Waals surface area contributed by atoms with Gasteiger partial charge < -0.3 is 20.3 Å². The molecule has 0 spiro atoms. The second kappa shape index (κ2) is 7.14. The van der Waals surface area contributed by atoms with E-state index in [-0.39, 0.29) is 29.4 Å². The highest BCUT2D eigenvalue weighted by atomic mass is 19.4. The van der Waals surface area contributed by atoms with Gasteiger partial charge in [-0.3, -0.25) is 9.59 Å². The van der Waals surface area contributed by atoms with Crippen LogP contribution in [-0.4, -0.2) is 43.9 Å². The average Bonchev–Trinajstić information content (AvgIpc) is 2.85. The molecule has 0 radical (unpaired) electrons. The molecule has 2 amide bonds. The van der Waals surface area contributed by atoms with Crippen LogP contribution in [0.5, 0.6) is 5.75 Å². The van der Waals surface area contributed by atoms with E-state index in [9.17, 15) is 22.8 Å². The smallest absolute Gasteiger partial charge is 0.406 e. The van der Waals surface area contributed by atoms with Crippen molar-refractivity contribution >= 4 is 17.5 Å². The lowest BCUT2D eigenvalue weighted by atomic mass is 9.88. The number of amides is 2. The highest BCUT2D eigenvalue weighted by Gasteiger charge is 2.37. The third kappa shape index (κ3) is 4.09. The van der Waals surface area contributed by atoms with Gasteiger partial charge in [0.2, 0.25) is 11.8 Å². The number of hydrogen-bond donors (Lipinski definition) is 2. The van der Waals surface area contributed by atoms with Crippen LogP contribution in [0.1, 0.15) is 13.3 Å². The van der Waals surface area contributed by atoms with Crippen molar-refractivity contribution < 1.29 is 27.5 Å². The Morgan fingerprint density at radius 3 is 2.73 bits per heavy atom. The monoisotopic (exact) mass is 371 g/mol. The van der Waals surface area contributed by atoms with E-state index >= 15 is 0 Å². The predicted molar refractivity (Wildman–Crippen MR) is 87.5 cm³/mol. The summed E-state index contributed by atoms with van der Waals surface area (Å²) in [6.45, 7) is 3.71. The Morgan fingerprint density at radius 2 is 2.12 bits per heavy atom. The van der Waals surface area contributed by atoms with E-state index in [0.29, 0.717) is 18.7 Å². The van der Waals surface area contributed by atoms with Crippen LogP contribution in [-0.2, 0) is 9.59 Å². The molecule has 2 fully saturated rings. The number of ether oxygens (including phenoxy) is 1. The van der Waals surface area contributed by atoms with Gasteiger partial charge in [-0.15, -0.1) is 13.2 Å². The Bertz CT molecular complexity index is 691. The molecule has 2 unspecified atom stereocenters. The molecule has 0 bridgehead atoms. The maximum Gasteiger partial charge on any atom is 0.573 e. The topological polar surface area (TPSA) is 70.7 Å². The summed E-state index contributed by atoms with van der Waals surface area (Å²) < 4.78 is 40.9. The van der Waals surface area contributed by atoms with Gasteiger partial charge in [0.05, 0.1) is 0 Å². The molecule has 2 saturated heterocycles. The number of hydrogen-bond acceptors (Lipinski definition) is 4. The zero-order chi connectivity index (χ0) is 18.9. The van der Waals surface area contributed by atoms with Crippen LogP contribution in [0.15, 0.2) is 24.3 Å². The number of nitrogens with one attached hydrogen (secondary N) is 2. The fraction of sp³-hybridized carbons (Fsp3) is 0.529. The van der Waals surface area contributed by atoms with E-state index < -0.39 is 12.4 Å². The number of carbonyl (C=O) groups is 2. The van der Waals surface area contributed by atoms with E-state index in [2.05, 4.69) is 15.4 Å². The summed E-state index contributed by atoms with van der Waals surface area (Å²) in [4.78, 5) is 26.2. The van der Waals surface area contributed by atoms with Gasteiger partial charge in [0, 0.05) is 24.2 Å². The number of nitrogens with zero attached hydrogens (tertiary/aromatic N) is 1. The maximum absolute atomic E-state index is 12.5. The molecule has 26 heavy (non-hydrogen) atoms. The Hall–Kier alpha value is -2.29. The largest absolute Gasteiger partial charge is 0.573 e. The minimum Gasteiger partial charge on any atom is -0.406 e. The highest BCUT2D eigenvalue weighted by molar-refractivity contribution is 6.01. The van der Waals surface area contributed by atoms with Crippen molar-refractivity contribution in [3.8, 4) is 5.75 Å². The van der Waals surface area contributed by atoms with Crippen LogP contribution >= 0.6 is 0 Å². The van der Waals surface area contributed by atoms with Crippen molar-refractivity contribution in [1.82, 2.24) is 10.6 Å². The first-order chi connectivity index (χ1) is 12.2. The lowest BCUT2D eigenvalue weighted by Gasteiger charge is -2.32. The van der Waals surface area contributed by atoms with Gasteiger partial charge in [0.25, 0.3) is 0 Å². The van der Waals surface area contributed by atoms with Crippen LogP contribution in [0.3, 0.4) is 0 Å². The zero-order valence-electron chi connectivity index (χ0n) is 14.2. The lowest BCUT2D eigenvalue weighted by Crippen LogP contribution is -2.52. The van der Waals surface area contributed by atoms with Crippen molar-refractivity contribution in [1.29, 1.82) is 0 Å². The summed E-state index contributed by atoms with van der Waals surface area (Å²) in [7, 11) is 0. The van der Waals surface area contributed by atoms with Gasteiger partial charge in [-0.25, -0.2) is 0 Å². The Kier molecular flexibility index (Phi) is 5.08. The first-order valence-electron chi connectivity index (χ1n) is 8.43. The molecule has 1 aromatic carbocycles. The van der Waals surface area contributed by atoms with Gasteiger partial charge in [0.15, 0.2) is 0 Å². The van der Waals surface area contributed by atoms with Gasteiger partial charge >= 0.3 is 6.36 Å². The molecule has 2 heterocycles. The summed E-state index contributed by atoms with van der Waals surface area (Å²) in [5.74, 6) is -0.825. The summed E-state index contributed by atoms with van der Waals surface area (Å²) in [6.07, 6.45) is -4.39. The van der Waals surface area contributed by atoms with Crippen molar-refractivity contribution in [2.24, 2.45) is 11.8 Å². The Labute approximate surface area is 148 Å². The molecule has 2 N–H and O–H groups in total. The number of alkyl halides is 3. The van der Waals surface area contributed by atoms with Gasteiger partial charge in [-0.2, -0.15) is 0 Å². The van der Waals surface area contributed by atoms with E-state index in [0.717, 1.165) is 19.2 Å². The van der Waals surface area contributed by atoms with E-state index in [1.807, 2.05) is 6.92 Å². The minimum absolute atomic E-state index is 0.175. The standard InChI is InChI=1S/C17H20F3N3O3/c1-10(11-8-21-9-11)15(24)22-14-5-6-23(16(14)25)12-3-2-4-13(7-12)26-17(18,19)20/h2-4,7,10-11,14,21H,5-6,8-9H2,1H3,(H,22,24). The third-order valence-corrected chi connectivity index (χ3v) is 4.82. The van der Waals surface area contributed by atoms with Crippen molar-refractivity contribution in [2.75, 3.05) is 24.5 Å². The molecule has 2 atom stereocenters. The minimum atomic E-state index is -4.79. The molecular formula is C17H20F3N3O3. The number of carbonyl (C=O) groups excluding carboxylic acids is 2. The summed E-state index contributed by atoms with van der Waals surface area (Å²) in [6, 6.07) is 4.60. The van der Waals surface area contributed by atoms with Crippen molar-refractivity contribution in [3.63, 3.8) is 0 Å². The first kappa shape index (κ1) is 18.5. The molecule has 2 aliphatic heterocycles. The molecular weight excluding hydrogens is 351 g/mol. The van der Waals surface area contributed by atoms with Crippen LogP contribution in [0, 0.1) is 11.8 Å². The van der Waals surface area contributed by atoms with Crippen LogP contribution in [0.2, 0.25) is 0 Å². The molecule has 9 heteroatoms. The number of anilines is 1. The zero-order valence-corrected chi connectivity index (χ0v) is 14.2. The molecule has 0 saturated carbocycles. The maximum atomic E-state index is 12.5. The predicted octanol–water partition coefficient (Wildman–Crippen LogP) is 1.66. The molecule has 0 aromatic heterocycles. The Morgan fingerprint density at radius 1 is 1.38 bits per heavy atom. The number of rotatable bonds is 5. The molecule has 142 valence electrons. The molecule has 3 rings (SSSR count). The summed E-state index contributed by atoms with van der Waals surface area (Å²) in [5.41, 5.74) is 0.310. The summed E-state index contributed by atoms with van der Waals surface area (Å²) in [5, 5.41) is 5.86. The third-order valence-electron chi connectivity index (χ3n) is 4.82. The van der Waals surface area contributed by atoms with Gasteiger partial charge in [0.1, 0.15) is 11.8 Å². The Balaban J connectivity index is 1.63. The normalized spacial score (nSPS) is 22.1. The fourth-order valence-corrected chi connectivity index (χ4v) is 3.10.